The lowest BCUT2D eigenvalue weighted by Crippen LogP contribution is -2.35. The molecule has 0 saturated carbocycles. The van der Waals surface area contributed by atoms with Crippen LogP contribution < -0.4 is 10.8 Å². The molecule has 6 heteroatoms. The minimum absolute atomic E-state index is 0.249. The largest absolute Gasteiger partial charge is 0.490 e. The highest BCUT2D eigenvalue weighted by Crippen LogP contribution is 2.03. The molecule has 0 unspecified atom stereocenters. The smallest absolute Gasteiger partial charge is 0.423 e. The van der Waals surface area contributed by atoms with Gasteiger partial charge in [-0.2, -0.15) is 11.3 Å². The van der Waals surface area contributed by atoms with Gasteiger partial charge in [0.2, 0.25) is 0 Å². The second-order valence-corrected chi connectivity index (χ2v) is 2.94. The maximum Gasteiger partial charge on any atom is 0.490 e. The molecule has 0 bridgehead atoms. The summed E-state index contributed by atoms with van der Waals surface area (Å²) < 4.78 is 0. The predicted octanol–water partition coefficient (Wildman–Crippen LogP) is -1.21. The lowest BCUT2D eigenvalue weighted by molar-refractivity contribution is 0.0964. The van der Waals surface area contributed by atoms with Crippen LogP contribution in [-0.4, -0.2) is 30.1 Å². The molecule has 0 spiro atoms. The van der Waals surface area contributed by atoms with Crippen molar-refractivity contribution in [3.8, 4) is 0 Å². The average Bonchev–Trinajstić information content (AvgIpc) is 2.50. The Labute approximate surface area is 74.0 Å². The fraction of sp³-hybridized carbons (Fsp3) is 0.167. The van der Waals surface area contributed by atoms with Crippen molar-refractivity contribution in [2.45, 2.75) is 0 Å². The van der Waals surface area contributed by atoms with Gasteiger partial charge >= 0.3 is 7.12 Å². The van der Waals surface area contributed by atoms with Crippen molar-refractivity contribution >= 4 is 29.8 Å². The van der Waals surface area contributed by atoms with Crippen LogP contribution in [0.1, 0.15) is 10.4 Å². The summed E-state index contributed by atoms with van der Waals surface area (Å²) in [5.74, 6) is -0.306. The predicted molar refractivity (Wildman–Crippen MR) is 47.5 cm³/mol. The molecule has 3 N–H and O–H groups in total. The number of hydrogen-bond donors (Lipinski definition) is 3. The summed E-state index contributed by atoms with van der Waals surface area (Å²) in [5, 5.41) is 23.2. The number of hydrogen-bond acceptors (Lipinski definition) is 4. The van der Waals surface area contributed by atoms with Gasteiger partial charge in [-0.15, -0.1) is 0 Å². The zero-order valence-corrected chi connectivity index (χ0v) is 7.26. The summed E-state index contributed by atoms with van der Waals surface area (Å²) in [4.78, 5) is 11.1. The first-order chi connectivity index (χ1) is 5.66. The molecular weight excluding hydrogens is 177 g/mol. The highest BCUT2D eigenvalue weighted by Gasteiger charge is 2.20. The molecular formula is C6H8BNO3S. The third kappa shape index (κ3) is 1.66. The molecule has 0 aliphatic carbocycles. The quantitative estimate of drug-likeness (QED) is 0.506. The summed E-state index contributed by atoms with van der Waals surface area (Å²) in [6.45, 7) is 0. The van der Waals surface area contributed by atoms with Gasteiger partial charge in [0.25, 0.3) is 5.91 Å². The van der Waals surface area contributed by atoms with Crippen LogP contribution in [0.3, 0.4) is 0 Å². The Bertz CT molecular complexity index is 286. The molecule has 0 fully saturated rings. The van der Waals surface area contributed by atoms with Gasteiger partial charge in [0.1, 0.15) is 0 Å². The van der Waals surface area contributed by atoms with Gasteiger partial charge in [0.15, 0.2) is 0 Å². The van der Waals surface area contributed by atoms with Crippen molar-refractivity contribution < 1.29 is 14.8 Å². The van der Waals surface area contributed by atoms with E-state index in [0.29, 0.717) is 5.56 Å². The lowest BCUT2D eigenvalue weighted by atomic mass is 9.79. The molecule has 1 heterocycles. The third-order valence-electron chi connectivity index (χ3n) is 1.44. The Morgan fingerprint density at radius 1 is 1.58 bits per heavy atom. The number of thiophene rings is 1. The highest BCUT2D eigenvalue weighted by molar-refractivity contribution is 7.09. The molecule has 1 aromatic heterocycles. The van der Waals surface area contributed by atoms with E-state index in [2.05, 4.69) is 5.32 Å². The standard InChI is InChI=1S/C6H8BNO3S/c1-8-6(9)4-2-12-3-5(4)7(10)11/h2-3,10-11H,1H3,(H,8,9). The van der Waals surface area contributed by atoms with Crippen LogP contribution in [0.2, 0.25) is 0 Å². The molecule has 1 rings (SSSR count). The molecule has 4 nitrogen and oxygen atoms in total. The van der Waals surface area contributed by atoms with Crippen LogP contribution in [0.15, 0.2) is 10.8 Å². The van der Waals surface area contributed by atoms with Crippen molar-refractivity contribution in [2.75, 3.05) is 7.05 Å². The summed E-state index contributed by atoms with van der Waals surface area (Å²) in [5.41, 5.74) is 0.567. The Hall–Kier alpha value is -0.845. The van der Waals surface area contributed by atoms with E-state index < -0.39 is 7.12 Å². The van der Waals surface area contributed by atoms with Gasteiger partial charge in [0, 0.05) is 23.5 Å². The molecule has 0 saturated heterocycles. The van der Waals surface area contributed by atoms with E-state index in [-0.39, 0.29) is 11.4 Å². The van der Waals surface area contributed by atoms with E-state index in [1.807, 2.05) is 0 Å². The van der Waals surface area contributed by atoms with Crippen molar-refractivity contribution in [1.82, 2.24) is 5.32 Å². The molecule has 0 radical (unpaired) electrons. The van der Waals surface area contributed by atoms with E-state index >= 15 is 0 Å². The zero-order chi connectivity index (χ0) is 9.14. The van der Waals surface area contributed by atoms with Crippen LogP contribution in [0.4, 0.5) is 0 Å². The SMILES string of the molecule is CNC(=O)c1cscc1B(O)O. The first kappa shape index (κ1) is 9.24. The first-order valence-electron chi connectivity index (χ1n) is 3.31. The molecule has 12 heavy (non-hydrogen) atoms. The van der Waals surface area contributed by atoms with E-state index in [9.17, 15) is 4.79 Å². The summed E-state index contributed by atoms with van der Waals surface area (Å²) >= 11 is 1.26. The van der Waals surface area contributed by atoms with Gasteiger partial charge in [0.05, 0.1) is 0 Å². The van der Waals surface area contributed by atoms with Crippen LogP contribution in [0, 0.1) is 0 Å². The highest BCUT2D eigenvalue weighted by atomic mass is 32.1. The molecule has 0 aromatic carbocycles. The maximum atomic E-state index is 11.1. The maximum absolute atomic E-state index is 11.1. The van der Waals surface area contributed by atoms with Crippen LogP contribution in [0.5, 0.6) is 0 Å². The van der Waals surface area contributed by atoms with E-state index in [1.165, 1.54) is 23.8 Å². The fourth-order valence-electron chi connectivity index (χ4n) is 0.826. The Balaban J connectivity index is 2.99. The van der Waals surface area contributed by atoms with Crippen LogP contribution in [-0.2, 0) is 0 Å². The van der Waals surface area contributed by atoms with Gasteiger partial charge in [-0.1, -0.05) is 0 Å². The van der Waals surface area contributed by atoms with E-state index in [1.54, 1.807) is 5.38 Å². The third-order valence-corrected chi connectivity index (χ3v) is 2.20. The molecule has 0 aliphatic heterocycles. The molecule has 0 aliphatic rings. The zero-order valence-electron chi connectivity index (χ0n) is 6.44. The molecule has 1 aromatic rings. The number of carbonyl (C=O) groups excluding carboxylic acids is 1. The summed E-state index contributed by atoms with van der Waals surface area (Å²) in [7, 11) is -0.0865. The van der Waals surface area contributed by atoms with Crippen LogP contribution in [0.25, 0.3) is 0 Å². The van der Waals surface area contributed by atoms with E-state index in [0.717, 1.165) is 0 Å². The minimum atomic E-state index is -1.58. The normalized spacial score (nSPS) is 9.58. The van der Waals surface area contributed by atoms with Gasteiger partial charge in [-0.3, -0.25) is 4.79 Å². The summed E-state index contributed by atoms with van der Waals surface area (Å²) in [6, 6.07) is 0. The minimum Gasteiger partial charge on any atom is -0.423 e. The molecule has 1 amide bonds. The van der Waals surface area contributed by atoms with Gasteiger partial charge in [-0.05, 0) is 5.38 Å². The number of carbonyl (C=O) groups is 1. The number of nitrogens with one attached hydrogen (secondary N) is 1. The van der Waals surface area contributed by atoms with Gasteiger partial charge < -0.3 is 15.4 Å². The Morgan fingerprint density at radius 2 is 2.25 bits per heavy atom. The first-order valence-corrected chi connectivity index (χ1v) is 4.25. The summed E-state index contributed by atoms with van der Waals surface area (Å²) in [6.07, 6.45) is 0. The van der Waals surface area contributed by atoms with Crippen molar-refractivity contribution in [1.29, 1.82) is 0 Å². The van der Waals surface area contributed by atoms with Crippen molar-refractivity contribution in [3.05, 3.63) is 16.3 Å². The Kier molecular flexibility index (Phi) is 2.85. The average molecular weight is 185 g/mol. The Morgan fingerprint density at radius 3 is 2.75 bits per heavy atom. The van der Waals surface area contributed by atoms with Crippen LogP contribution >= 0.6 is 11.3 Å². The topological polar surface area (TPSA) is 69.6 Å². The molecule has 0 atom stereocenters. The molecule has 64 valence electrons. The lowest BCUT2D eigenvalue weighted by Gasteiger charge is -2.00. The number of rotatable bonds is 2. The van der Waals surface area contributed by atoms with E-state index in [4.69, 9.17) is 10.0 Å². The monoisotopic (exact) mass is 185 g/mol. The van der Waals surface area contributed by atoms with Gasteiger partial charge in [-0.25, -0.2) is 0 Å². The second-order valence-electron chi connectivity index (χ2n) is 2.19. The van der Waals surface area contributed by atoms with Crippen molar-refractivity contribution in [2.24, 2.45) is 0 Å². The van der Waals surface area contributed by atoms with Crippen molar-refractivity contribution in [3.63, 3.8) is 0 Å². The number of amides is 1. The second kappa shape index (κ2) is 3.71. The fourth-order valence-corrected chi connectivity index (χ4v) is 1.67.